The third kappa shape index (κ3) is 6.15. The molecule has 0 aliphatic carbocycles. The summed E-state index contributed by atoms with van der Waals surface area (Å²) in [6.45, 7) is 5.81. The monoisotopic (exact) mass is 547 g/mol. The second kappa shape index (κ2) is 11.0. The number of anilines is 2. The predicted molar refractivity (Wildman–Crippen MR) is 138 cm³/mol. The molecule has 2 aromatic carbocycles. The third-order valence-corrected chi connectivity index (χ3v) is 6.32. The van der Waals surface area contributed by atoms with E-state index in [0.29, 0.717) is 11.3 Å². The molecule has 1 amide bonds. The molecule has 1 aromatic heterocycles. The molecule has 0 saturated heterocycles. The minimum absolute atomic E-state index is 0.0692. The number of nitrogens with two attached hydrogens (primary N) is 1. The highest BCUT2D eigenvalue weighted by Gasteiger charge is 2.31. The Labute approximate surface area is 222 Å². The van der Waals surface area contributed by atoms with E-state index < -0.39 is 35.1 Å². The second-order valence-corrected chi connectivity index (χ2v) is 9.85. The molecule has 8 nitrogen and oxygen atoms in total. The van der Waals surface area contributed by atoms with Gasteiger partial charge in [0.2, 0.25) is 5.95 Å². The van der Waals surface area contributed by atoms with E-state index in [-0.39, 0.29) is 54.8 Å². The van der Waals surface area contributed by atoms with Crippen molar-refractivity contribution in [2.24, 2.45) is 5.92 Å². The molecular formula is C27H29F4N5O3. The zero-order valence-corrected chi connectivity index (χ0v) is 21.7. The van der Waals surface area contributed by atoms with Gasteiger partial charge in [-0.05, 0) is 48.7 Å². The first-order valence-corrected chi connectivity index (χ1v) is 12.4. The largest absolute Gasteiger partial charge is 0.416 e. The smallest absolute Gasteiger partial charge is 0.407 e. The van der Waals surface area contributed by atoms with E-state index in [0.717, 1.165) is 22.9 Å². The maximum atomic E-state index is 14.4. The maximum absolute atomic E-state index is 14.4. The van der Waals surface area contributed by atoms with E-state index in [2.05, 4.69) is 10.3 Å². The lowest BCUT2D eigenvalue weighted by atomic mass is 10.0. The Morgan fingerprint density at radius 2 is 1.85 bits per heavy atom. The van der Waals surface area contributed by atoms with Crippen molar-refractivity contribution in [2.75, 3.05) is 24.2 Å². The SMILES string of the molecule is CC(C)COn1c(NC(C)c2ccc(C(F)(F)F)cc2)nc2c(c1=O)CN(C(=O)c1ccc(N)cc1F)CC2. The lowest BCUT2D eigenvalue weighted by Gasteiger charge is -2.29. The normalized spacial score (nSPS) is 14.2. The van der Waals surface area contributed by atoms with E-state index in [1.807, 2.05) is 13.8 Å². The van der Waals surface area contributed by atoms with Crippen molar-refractivity contribution >= 4 is 17.5 Å². The van der Waals surface area contributed by atoms with Crippen molar-refractivity contribution in [2.45, 2.75) is 46.0 Å². The Morgan fingerprint density at radius 1 is 1.15 bits per heavy atom. The number of rotatable bonds is 7. The van der Waals surface area contributed by atoms with Crippen molar-refractivity contribution < 1.29 is 27.2 Å². The van der Waals surface area contributed by atoms with Crippen LogP contribution in [0.3, 0.4) is 0 Å². The Hall–Kier alpha value is -4.09. The number of amides is 1. The van der Waals surface area contributed by atoms with Crippen LogP contribution < -0.4 is 21.4 Å². The van der Waals surface area contributed by atoms with E-state index in [1.54, 1.807) is 6.92 Å². The molecule has 1 atom stereocenters. The van der Waals surface area contributed by atoms with Gasteiger partial charge in [-0.15, -0.1) is 4.73 Å². The average molecular weight is 548 g/mol. The molecule has 3 N–H and O–H groups in total. The molecule has 0 bridgehead atoms. The number of nitrogen functional groups attached to an aromatic ring is 1. The van der Waals surface area contributed by atoms with Crippen LogP contribution in [0.5, 0.6) is 0 Å². The highest BCUT2D eigenvalue weighted by atomic mass is 19.4. The van der Waals surface area contributed by atoms with Crippen LogP contribution in [0.4, 0.5) is 29.2 Å². The summed E-state index contributed by atoms with van der Waals surface area (Å²) in [5, 5.41) is 3.08. The van der Waals surface area contributed by atoms with Crippen molar-refractivity contribution in [3.63, 3.8) is 0 Å². The summed E-state index contributed by atoms with van der Waals surface area (Å²) in [6.07, 6.45) is -4.21. The van der Waals surface area contributed by atoms with Gasteiger partial charge >= 0.3 is 6.18 Å². The van der Waals surface area contributed by atoms with Crippen LogP contribution in [0.25, 0.3) is 0 Å². The Balaban J connectivity index is 1.63. The summed E-state index contributed by atoms with van der Waals surface area (Å²) in [5.41, 5.74) is 5.56. The van der Waals surface area contributed by atoms with E-state index in [4.69, 9.17) is 10.6 Å². The number of alkyl halides is 3. The first-order chi connectivity index (χ1) is 18.3. The minimum Gasteiger partial charge on any atom is -0.407 e. The number of fused-ring (bicyclic) bond motifs is 1. The first kappa shape index (κ1) is 27.9. The Kier molecular flexibility index (Phi) is 7.84. The minimum atomic E-state index is -4.45. The fraction of sp³-hybridized carbons (Fsp3) is 0.370. The van der Waals surface area contributed by atoms with E-state index in [1.165, 1.54) is 29.2 Å². The van der Waals surface area contributed by atoms with Gasteiger partial charge in [-0.1, -0.05) is 26.0 Å². The van der Waals surface area contributed by atoms with Gasteiger partial charge in [-0.3, -0.25) is 9.59 Å². The molecule has 3 aromatic rings. The van der Waals surface area contributed by atoms with Crippen molar-refractivity contribution in [3.8, 4) is 0 Å². The summed E-state index contributed by atoms with van der Waals surface area (Å²) in [6, 6.07) is 7.98. The number of hydrogen-bond acceptors (Lipinski definition) is 6. The number of carbonyl (C=O) groups is 1. The summed E-state index contributed by atoms with van der Waals surface area (Å²) in [4.78, 5) is 38.3. The molecule has 2 heterocycles. The van der Waals surface area contributed by atoms with E-state index in [9.17, 15) is 27.2 Å². The second-order valence-electron chi connectivity index (χ2n) is 9.85. The Morgan fingerprint density at radius 3 is 2.46 bits per heavy atom. The lowest BCUT2D eigenvalue weighted by Crippen LogP contribution is -2.43. The molecule has 1 unspecified atom stereocenters. The van der Waals surface area contributed by atoms with Gasteiger partial charge in [0.1, 0.15) is 12.4 Å². The molecule has 1 aliphatic rings. The van der Waals surface area contributed by atoms with Crippen LogP contribution in [-0.2, 0) is 19.1 Å². The number of carbonyl (C=O) groups excluding carboxylic acids is 1. The van der Waals surface area contributed by atoms with Crippen molar-refractivity contribution in [1.82, 2.24) is 14.6 Å². The first-order valence-electron chi connectivity index (χ1n) is 12.4. The zero-order valence-electron chi connectivity index (χ0n) is 21.7. The number of hydrogen-bond donors (Lipinski definition) is 2. The highest BCUT2D eigenvalue weighted by molar-refractivity contribution is 5.95. The maximum Gasteiger partial charge on any atom is 0.416 e. The molecular weight excluding hydrogens is 518 g/mol. The number of benzene rings is 2. The summed E-state index contributed by atoms with van der Waals surface area (Å²) in [5.74, 6) is -1.17. The number of halogens is 4. The van der Waals surface area contributed by atoms with Gasteiger partial charge in [0, 0.05) is 18.7 Å². The Bertz CT molecular complexity index is 1420. The number of aromatic nitrogens is 2. The van der Waals surface area contributed by atoms with Gasteiger partial charge in [0.15, 0.2) is 0 Å². The van der Waals surface area contributed by atoms with Gasteiger partial charge in [-0.2, -0.15) is 13.2 Å². The highest BCUT2D eigenvalue weighted by Crippen LogP contribution is 2.30. The van der Waals surface area contributed by atoms with Gasteiger partial charge in [-0.25, -0.2) is 9.37 Å². The lowest BCUT2D eigenvalue weighted by molar-refractivity contribution is -0.137. The average Bonchev–Trinajstić information content (AvgIpc) is 2.87. The van der Waals surface area contributed by atoms with Crippen LogP contribution >= 0.6 is 0 Å². The molecule has 12 heteroatoms. The van der Waals surface area contributed by atoms with Crippen LogP contribution in [-0.4, -0.2) is 33.7 Å². The quantitative estimate of drug-likeness (QED) is 0.335. The van der Waals surface area contributed by atoms with Crippen LogP contribution in [0, 0.1) is 11.7 Å². The van der Waals surface area contributed by atoms with Crippen molar-refractivity contribution in [3.05, 3.63) is 86.6 Å². The third-order valence-electron chi connectivity index (χ3n) is 6.32. The zero-order chi connectivity index (χ0) is 28.5. The molecule has 4 rings (SSSR count). The summed E-state index contributed by atoms with van der Waals surface area (Å²) >= 11 is 0. The molecule has 208 valence electrons. The standard InChI is InChI=1S/C27H29F4N5O3/c1-15(2)14-39-36-25(38)21-13-35(24(37)20-9-8-19(32)12-22(20)28)11-10-23(21)34-26(36)33-16(3)17-4-6-18(7-5-17)27(29,30)31/h4-9,12,15-16H,10-11,13-14,32H2,1-3H3,(H,33,34). The van der Waals surface area contributed by atoms with Gasteiger partial charge in [0.25, 0.3) is 11.5 Å². The molecule has 0 fully saturated rings. The summed E-state index contributed by atoms with van der Waals surface area (Å²) in [7, 11) is 0. The predicted octanol–water partition coefficient (Wildman–Crippen LogP) is 4.44. The molecule has 0 spiro atoms. The topological polar surface area (TPSA) is 102 Å². The number of nitrogens with one attached hydrogen (secondary N) is 1. The summed E-state index contributed by atoms with van der Waals surface area (Å²) < 4.78 is 54.3. The molecule has 1 aliphatic heterocycles. The van der Waals surface area contributed by atoms with Crippen LogP contribution in [0.15, 0.2) is 47.3 Å². The van der Waals surface area contributed by atoms with Crippen molar-refractivity contribution in [1.29, 1.82) is 0 Å². The van der Waals surface area contributed by atoms with Crippen LogP contribution in [0.2, 0.25) is 0 Å². The van der Waals surface area contributed by atoms with Gasteiger partial charge < -0.3 is 20.8 Å². The number of nitrogens with zero attached hydrogens (tertiary/aromatic N) is 3. The fourth-order valence-electron chi connectivity index (χ4n) is 4.18. The fourth-order valence-corrected chi connectivity index (χ4v) is 4.18. The van der Waals surface area contributed by atoms with Crippen LogP contribution in [0.1, 0.15) is 59.6 Å². The molecule has 0 saturated carbocycles. The van der Waals surface area contributed by atoms with Gasteiger partial charge in [0.05, 0.1) is 35.0 Å². The molecule has 39 heavy (non-hydrogen) atoms. The molecule has 0 radical (unpaired) electrons. The van der Waals surface area contributed by atoms with E-state index >= 15 is 0 Å².